The average molecular weight is 502 g/mol. The first-order valence-corrected chi connectivity index (χ1v) is 12.2. The van der Waals surface area contributed by atoms with E-state index in [1.807, 2.05) is 36.7 Å². The summed E-state index contributed by atoms with van der Waals surface area (Å²) in [6.45, 7) is 0. The number of fused-ring (bicyclic) bond motifs is 1. The van der Waals surface area contributed by atoms with Crippen LogP contribution in [-0.4, -0.2) is 38.1 Å². The number of halogens is 1. The molecule has 0 unspecified atom stereocenters. The van der Waals surface area contributed by atoms with Crippen molar-refractivity contribution in [3.63, 3.8) is 0 Å². The van der Waals surface area contributed by atoms with Gasteiger partial charge < -0.3 is 9.47 Å². The number of aryl methyl sites for hydroxylation is 2. The normalized spacial score (nSPS) is 11.1. The summed E-state index contributed by atoms with van der Waals surface area (Å²) in [7, 11) is 3.16. The van der Waals surface area contributed by atoms with Gasteiger partial charge in [-0.15, -0.1) is 0 Å². The van der Waals surface area contributed by atoms with E-state index in [0.29, 0.717) is 42.3 Å². The lowest BCUT2D eigenvalue weighted by Gasteiger charge is -2.07. The molecule has 0 radical (unpaired) electrons. The van der Waals surface area contributed by atoms with Crippen LogP contribution in [0.25, 0.3) is 11.0 Å². The number of ether oxygens (including phenoxy) is 2. The molecule has 36 heavy (non-hydrogen) atoms. The zero-order chi connectivity index (χ0) is 24.9. The molecule has 0 spiro atoms. The van der Waals surface area contributed by atoms with Crippen LogP contribution in [0.4, 0.5) is 4.39 Å². The molecule has 0 fully saturated rings. The van der Waals surface area contributed by atoms with Crippen LogP contribution in [0, 0.1) is 5.82 Å². The molecule has 0 aliphatic carbocycles. The molecule has 0 bridgehead atoms. The molecule has 0 atom stereocenters. The molecule has 182 valence electrons. The quantitative estimate of drug-likeness (QED) is 0.271. The minimum Gasteiger partial charge on any atom is -0.495 e. The maximum absolute atomic E-state index is 13.6. The van der Waals surface area contributed by atoms with Crippen molar-refractivity contribution in [2.45, 2.75) is 24.2 Å². The fraction of sp³-hybridized carbons (Fsp3) is 0.185. The van der Waals surface area contributed by atoms with E-state index in [9.17, 15) is 4.39 Å². The first-order valence-electron chi connectivity index (χ1n) is 11.4. The van der Waals surface area contributed by atoms with Gasteiger partial charge in [0.15, 0.2) is 5.65 Å². The summed E-state index contributed by atoms with van der Waals surface area (Å²) in [5.41, 5.74) is 3.65. The van der Waals surface area contributed by atoms with Crippen molar-refractivity contribution in [2.24, 2.45) is 0 Å². The van der Waals surface area contributed by atoms with E-state index in [-0.39, 0.29) is 0 Å². The second-order valence-electron chi connectivity index (χ2n) is 8.14. The third kappa shape index (κ3) is 5.31. The number of nitrogens with zero attached hydrogens (tertiary/aromatic N) is 5. The largest absolute Gasteiger partial charge is 0.495 e. The smallest absolute Gasteiger partial charge is 0.216 e. The number of aromatic nitrogens is 5. The molecule has 9 heteroatoms. The lowest BCUT2D eigenvalue weighted by Crippen LogP contribution is -2.02. The topological polar surface area (TPSA) is 75.0 Å². The summed E-state index contributed by atoms with van der Waals surface area (Å²) in [6, 6.07) is 13.6. The van der Waals surface area contributed by atoms with Crippen LogP contribution in [0.2, 0.25) is 0 Å². The Morgan fingerprint density at radius 2 is 1.67 bits per heavy atom. The minimum atomic E-state index is -0.391. The molecule has 0 amide bonds. The maximum atomic E-state index is 13.6. The first-order chi connectivity index (χ1) is 17.6. The molecule has 0 saturated carbocycles. The zero-order valence-electron chi connectivity index (χ0n) is 19.9. The third-order valence-corrected chi connectivity index (χ3v) is 6.67. The Hall–Kier alpha value is -3.98. The SMILES string of the molecule is COc1cnc2c(c1)c(Cc1cnc(CCc3cc(F)cnc3OC)nc1)cn2Sc1ccccc1. The van der Waals surface area contributed by atoms with Gasteiger partial charge in [0.25, 0.3) is 0 Å². The molecule has 0 aliphatic rings. The Kier molecular flexibility index (Phi) is 7.08. The average Bonchev–Trinajstić information content (AvgIpc) is 3.24. The Bertz CT molecular complexity index is 1480. The van der Waals surface area contributed by atoms with Crippen molar-refractivity contribution in [3.05, 3.63) is 102 Å². The lowest BCUT2D eigenvalue weighted by atomic mass is 10.1. The van der Waals surface area contributed by atoms with Crippen LogP contribution in [-0.2, 0) is 19.3 Å². The van der Waals surface area contributed by atoms with Crippen molar-refractivity contribution in [1.29, 1.82) is 0 Å². The van der Waals surface area contributed by atoms with Gasteiger partial charge >= 0.3 is 0 Å². The molecule has 5 rings (SSSR count). The number of benzene rings is 1. The lowest BCUT2D eigenvalue weighted by molar-refractivity contribution is 0.390. The minimum absolute atomic E-state index is 0.391. The van der Waals surface area contributed by atoms with Gasteiger partial charge in [0.05, 0.1) is 26.6 Å². The van der Waals surface area contributed by atoms with Gasteiger partial charge in [0, 0.05) is 47.3 Å². The Morgan fingerprint density at radius 3 is 2.42 bits per heavy atom. The van der Waals surface area contributed by atoms with Crippen LogP contribution in [0.1, 0.15) is 22.5 Å². The fourth-order valence-electron chi connectivity index (χ4n) is 3.94. The van der Waals surface area contributed by atoms with E-state index in [2.05, 4.69) is 42.2 Å². The van der Waals surface area contributed by atoms with Crippen molar-refractivity contribution in [2.75, 3.05) is 14.2 Å². The first kappa shape index (κ1) is 23.7. The predicted molar refractivity (Wildman–Crippen MR) is 137 cm³/mol. The Morgan fingerprint density at radius 1 is 0.861 bits per heavy atom. The number of methoxy groups -OCH3 is 2. The van der Waals surface area contributed by atoms with Gasteiger partial charge in [0.1, 0.15) is 17.4 Å². The van der Waals surface area contributed by atoms with Gasteiger partial charge in [-0.1, -0.05) is 18.2 Å². The van der Waals surface area contributed by atoms with Crippen molar-refractivity contribution >= 4 is 23.0 Å². The van der Waals surface area contributed by atoms with Gasteiger partial charge in [-0.25, -0.2) is 24.3 Å². The van der Waals surface area contributed by atoms with E-state index in [4.69, 9.17) is 9.47 Å². The van der Waals surface area contributed by atoms with E-state index in [1.54, 1.807) is 25.3 Å². The Labute approximate surface area is 212 Å². The Balaban J connectivity index is 1.35. The summed E-state index contributed by atoms with van der Waals surface area (Å²) in [5.74, 6) is 1.41. The van der Waals surface area contributed by atoms with Crippen LogP contribution in [0.3, 0.4) is 0 Å². The van der Waals surface area contributed by atoms with Crippen molar-refractivity contribution < 1.29 is 13.9 Å². The summed E-state index contributed by atoms with van der Waals surface area (Å²) in [4.78, 5) is 18.8. The summed E-state index contributed by atoms with van der Waals surface area (Å²) < 4.78 is 26.3. The predicted octanol–water partition coefficient (Wildman–Crippen LogP) is 5.31. The second-order valence-corrected chi connectivity index (χ2v) is 9.18. The molecular formula is C27H24FN5O2S. The van der Waals surface area contributed by atoms with Gasteiger partial charge in [-0.05, 0) is 53.8 Å². The van der Waals surface area contributed by atoms with Crippen LogP contribution in [0.5, 0.6) is 11.6 Å². The van der Waals surface area contributed by atoms with Gasteiger partial charge in [-0.2, -0.15) is 0 Å². The number of pyridine rings is 2. The van der Waals surface area contributed by atoms with E-state index >= 15 is 0 Å². The highest BCUT2D eigenvalue weighted by Gasteiger charge is 2.14. The summed E-state index contributed by atoms with van der Waals surface area (Å²) in [6.07, 6.45) is 10.4. The third-order valence-electron chi connectivity index (χ3n) is 5.71. The van der Waals surface area contributed by atoms with Crippen molar-refractivity contribution in [3.8, 4) is 11.6 Å². The van der Waals surface area contributed by atoms with Crippen LogP contribution >= 0.6 is 11.9 Å². The highest BCUT2D eigenvalue weighted by atomic mass is 32.2. The van der Waals surface area contributed by atoms with Gasteiger partial charge in [-0.3, -0.25) is 3.97 Å². The monoisotopic (exact) mass is 501 g/mol. The highest BCUT2D eigenvalue weighted by molar-refractivity contribution is 7.98. The van der Waals surface area contributed by atoms with E-state index < -0.39 is 5.82 Å². The van der Waals surface area contributed by atoms with E-state index in [1.165, 1.54) is 13.2 Å². The molecule has 4 aromatic heterocycles. The fourth-order valence-corrected chi connectivity index (χ4v) is 4.86. The summed E-state index contributed by atoms with van der Waals surface area (Å²) in [5, 5.41) is 1.02. The van der Waals surface area contributed by atoms with Crippen LogP contribution < -0.4 is 9.47 Å². The number of hydrogen-bond acceptors (Lipinski definition) is 7. The standard InChI is InChI=1S/C27H24FN5O2S/c1-34-22-12-24-20(17-33(26(24)31-16-22)36-23-6-4-3-5-7-23)10-18-13-29-25(30-14-18)9-8-19-11-21(28)15-32-27(19)35-2/h3-7,11-17H,8-10H2,1-2H3. The number of rotatable bonds is 9. The maximum Gasteiger partial charge on any atom is 0.216 e. The second kappa shape index (κ2) is 10.7. The summed E-state index contributed by atoms with van der Waals surface area (Å²) >= 11 is 1.61. The molecule has 0 N–H and O–H groups in total. The molecule has 5 aromatic rings. The van der Waals surface area contributed by atoms with Crippen LogP contribution in [0.15, 0.2) is 78.3 Å². The molecule has 1 aromatic carbocycles. The zero-order valence-corrected chi connectivity index (χ0v) is 20.7. The molecule has 0 saturated heterocycles. The van der Waals surface area contributed by atoms with Gasteiger partial charge in [0.2, 0.25) is 5.88 Å². The van der Waals surface area contributed by atoms with Crippen molar-refractivity contribution in [1.82, 2.24) is 23.9 Å². The molecule has 4 heterocycles. The molecule has 7 nitrogen and oxygen atoms in total. The highest BCUT2D eigenvalue weighted by Crippen LogP contribution is 2.31. The molecular weight excluding hydrogens is 477 g/mol. The molecule has 0 aliphatic heterocycles. The number of hydrogen-bond donors (Lipinski definition) is 0. The van der Waals surface area contributed by atoms with E-state index in [0.717, 1.165) is 33.3 Å².